The Morgan fingerprint density at radius 3 is 2.85 bits per heavy atom. The Morgan fingerprint density at radius 2 is 2.12 bits per heavy atom. The van der Waals surface area contributed by atoms with Gasteiger partial charge in [-0.15, -0.1) is 0 Å². The highest BCUT2D eigenvalue weighted by Crippen LogP contribution is 2.33. The van der Waals surface area contributed by atoms with Gasteiger partial charge in [0.1, 0.15) is 23.9 Å². The number of hydrogen-bond donors (Lipinski definition) is 0. The van der Waals surface area contributed by atoms with Crippen LogP contribution in [0.2, 0.25) is 0 Å². The SMILES string of the molecule is CCOC(=O)CN1C(=O)SC(=Cc2ccc(-c3cccc(F)c3)o2)C1=O. The fourth-order valence-corrected chi connectivity index (χ4v) is 3.15. The zero-order valence-corrected chi connectivity index (χ0v) is 14.5. The van der Waals surface area contributed by atoms with Crippen molar-refractivity contribution in [1.82, 2.24) is 4.90 Å². The Hall–Kier alpha value is -2.87. The topological polar surface area (TPSA) is 76.8 Å². The van der Waals surface area contributed by atoms with E-state index >= 15 is 0 Å². The van der Waals surface area contributed by atoms with E-state index in [1.807, 2.05) is 0 Å². The van der Waals surface area contributed by atoms with Crippen molar-refractivity contribution >= 4 is 35.0 Å². The van der Waals surface area contributed by atoms with Crippen LogP contribution in [0, 0.1) is 5.82 Å². The van der Waals surface area contributed by atoms with Crippen LogP contribution in [-0.4, -0.2) is 35.2 Å². The molecule has 2 aromatic rings. The first-order valence-electron chi connectivity index (χ1n) is 7.74. The molecule has 1 fully saturated rings. The van der Waals surface area contributed by atoms with Crippen LogP contribution in [-0.2, 0) is 14.3 Å². The van der Waals surface area contributed by atoms with Gasteiger partial charge in [-0.05, 0) is 43.0 Å². The van der Waals surface area contributed by atoms with Crippen LogP contribution >= 0.6 is 11.8 Å². The lowest BCUT2D eigenvalue weighted by molar-refractivity contribution is -0.145. The molecule has 0 N–H and O–H groups in total. The van der Waals surface area contributed by atoms with E-state index in [1.54, 1.807) is 31.2 Å². The summed E-state index contributed by atoms with van der Waals surface area (Å²) in [6.45, 7) is 1.38. The second-order valence-electron chi connectivity index (χ2n) is 5.29. The molecule has 0 unspecified atom stereocenters. The van der Waals surface area contributed by atoms with E-state index in [0.717, 1.165) is 4.90 Å². The van der Waals surface area contributed by atoms with Crippen molar-refractivity contribution < 1.29 is 27.9 Å². The van der Waals surface area contributed by atoms with Crippen LogP contribution < -0.4 is 0 Å². The van der Waals surface area contributed by atoms with Crippen LogP contribution in [0.3, 0.4) is 0 Å². The number of hydrogen-bond acceptors (Lipinski definition) is 6. The van der Waals surface area contributed by atoms with Crippen LogP contribution in [0.25, 0.3) is 17.4 Å². The Balaban J connectivity index is 1.77. The first kappa shape index (κ1) is 17.9. The third-order valence-corrected chi connectivity index (χ3v) is 4.38. The van der Waals surface area contributed by atoms with Gasteiger partial charge in [0, 0.05) is 11.6 Å². The van der Waals surface area contributed by atoms with Gasteiger partial charge in [-0.3, -0.25) is 19.3 Å². The molecule has 1 aliphatic rings. The molecule has 26 heavy (non-hydrogen) atoms. The predicted molar refractivity (Wildman–Crippen MR) is 93.4 cm³/mol. The molecule has 0 radical (unpaired) electrons. The lowest BCUT2D eigenvalue weighted by Crippen LogP contribution is -2.34. The summed E-state index contributed by atoms with van der Waals surface area (Å²) in [4.78, 5) is 36.7. The van der Waals surface area contributed by atoms with Gasteiger partial charge in [0.25, 0.3) is 11.1 Å². The second kappa shape index (κ2) is 7.57. The van der Waals surface area contributed by atoms with E-state index in [2.05, 4.69) is 0 Å². The standard InChI is InChI=1S/C18H14FNO5S/c1-2-24-16(21)10-20-17(22)15(26-18(20)23)9-13-6-7-14(25-13)11-4-3-5-12(19)8-11/h3-9H,2,10H2,1H3. The van der Waals surface area contributed by atoms with E-state index < -0.39 is 23.7 Å². The van der Waals surface area contributed by atoms with Crippen molar-refractivity contribution in [3.63, 3.8) is 0 Å². The molecule has 0 atom stereocenters. The summed E-state index contributed by atoms with van der Waals surface area (Å²) in [7, 11) is 0. The van der Waals surface area contributed by atoms with Crippen molar-refractivity contribution in [3.8, 4) is 11.3 Å². The summed E-state index contributed by atoms with van der Waals surface area (Å²) in [6, 6.07) is 9.16. The van der Waals surface area contributed by atoms with Gasteiger partial charge in [-0.1, -0.05) is 12.1 Å². The number of ether oxygens (including phenoxy) is 1. The minimum atomic E-state index is -0.651. The maximum atomic E-state index is 13.3. The van der Waals surface area contributed by atoms with Crippen LogP contribution in [0.5, 0.6) is 0 Å². The number of halogens is 1. The number of rotatable bonds is 5. The number of carbonyl (C=O) groups excluding carboxylic acids is 3. The lowest BCUT2D eigenvalue weighted by Gasteiger charge is -2.10. The molecule has 0 bridgehead atoms. The van der Waals surface area contributed by atoms with Crippen LogP contribution in [0.1, 0.15) is 12.7 Å². The summed E-state index contributed by atoms with van der Waals surface area (Å²) in [5.74, 6) is -0.855. The maximum Gasteiger partial charge on any atom is 0.326 e. The molecular weight excluding hydrogens is 361 g/mol. The van der Waals surface area contributed by atoms with E-state index in [-0.39, 0.29) is 17.3 Å². The highest BCUT2D eigenvalue weighted by Gasteiger charge is 2.36. The third kappa shape index (κ3) is 3.85. The van der Waals surface area contributed by atoms with E-state index in [0.29, 0.717) is 28.8 Å². The lowest BCUT2D eigenvalue weighted by atomic mass is 10.2. The minimum Gasteiger partial charge on any atom is -0.465 e. The first-order chi connectivity index (χ1) is 12.5. The van der Waals surface area contributed by atoms with Crippen molar-refractivity contribution in [2.24, 2.45) is 0 Å². The molecule has 0 aliphatic carbocycles. The van der Waals surface area contributed by atoms with Gasteiger partial charge in [-0.25, -0.2) is 4.39 Å². The molecule has 134 valence electrons. The van der Waals surface area contributed by atoms with Crippen LogP contribution in [0.4, 0.5) is 9.18 Å². The Bertz CT molecular complexity index is 904. The average molecular weight is 375 g/mol. The summed E-state index contributed by atoms with van der Waals surface area (Å²) >= 11 is 0.715. The van der Waals surface area contributed by atoms with E-state index in [9.17, 15) is 18.8 Å². The smallest absolute Gasteiger partial charge is 0.326 e. The van der Waals surface area contributed by atoms with Gasteiger partial charge < -0.3 is 9.15 Å². The van der Waals surface area contributed by atoms with Gasteiger partial charge in [0.2, 0.25) is 0 Å². The molecule has 2 heterocycles. The molecule has 2 amide bonds. The molecule has 8 heteroatoms. The Labute approximate surface area is 152 Å². The maximum absolute atomic E-state index is 13.3. The highest BCUT2D eigenvalue weighted by molar-refractivity contribution is 8.18. The van der Waals surface area contributed by atoms with Crippen molar-refractivity contribution in [2.75, 3.05) is 13.2 Å². The quantitative estimate of drug-likeness (QED) is 0.586. The van der Waals surface area contributed by atoms with Crippen molar-refractivity contribution in [3.05, 3.63) is 52.9 Å². The molecule has 0 spiro atoms. The fourth-order valence-electron chi connectivity index (χ4n) is 2.33. The molecule has 6 nitrogen and oxygen atoms in total. The van der Waals surface area contributed by atoms with Gasteiger partial charge in [0.05, 0.1) is 11.5 Å². The zero-order valence-electron chi connectivity index (χ0n) is 13.7. The Kier molecular flexibility index (Phi) is 5.22. The number of esters is 1. The van der Waals surface area contributed by atoms with Gasteiger partial charge >= 0.3 is 5.97 Å². The monoisotopic (exact) mass is 375 g/mol. The van der Waals surface area contributed by atoms with Gasteiger partial charge in [-0.2, -0.15) is 0 Å². The van der Waals surface area contributed by atoms with Gasteiger partial charge in [0.15, 0.2) is 0 Å². The molecule has 1 aliphatic heterocycles. The molecule has 1 aromatic heterocycles. The summed E-state index contributed by atoms with van der Waals surface area (Å²) in [5.41, 5.74) is 0.556. The van der Waals surface area contributed by atoms with E-state index in [4.69, 9.17) is 9.15 Å². The third-order valence-electron chi connectivity index (χ3n) is 3.48. The summed E-state index contributed by atoms with van der Waals surface area (Å²) in [6.07, 6.45) is 1.42. The number of nitrogens with zero attached hydrogens (tertiary/aromatic N) is 1. The number of imide groups is 1. The average Bonchev–Trinajstić information content (AvgIpc) is 3.16. The van der Waals surface area contributed by atoms with Crippen molar-refractivity contribution in [1.29, 1.82) is 0 Å². The molecular formula is C18H14FNO5S. The normalized spacial score (nSPS) is 15.8. The molecule has 3 rings (SSSR count). The first-order valence-corrected chi connectivity index (χ1v) is 8.56. The second-order valence-corrected chi connectivity index (χ2v) is 6.28. The largest absolute Gasteiger partial charge is 0.465 e. The molecule has 1 saturated heterocycles. The van der Waals surface area contributed by atoms with Crippen LogP contribution in [0.15, 0.2) is 45.7 Å². The fraction of sp³-hybridized carbons (Fsp3) is 0.167. The molecule has 0 saturated carbocycles. The predicted octanol–water partition coefficient (Wildman–Crippen LogP) is 3.69. The Morgan fingerprint density at radius 1 is 1.31 bits per heavy atom. The zero-order chi connectivity index (χ0) is 18.7. The number of benzene rings is 1. The molecule has 1 aromatic carbocycles. The van der Waals surface area contributed by atoms with Crippen molar-refractivity contribution in [2.45, 2.75) is 6.92 Å². The summed E-state index contributed by atoms with van der Waals surface area (Å²) in [5, 5.41) is -0.550. The minimum absolute atomic E-state index is 0.138. The number of furan rings is 1. The number of amides is 2. The number of carbonyl (C=O) groups is 3. The highest BCUT2D eigenvalue weighted by atomic mass is 32.2. The van der Waals surface area contributed by atoms with E-state index in [1.165, 1.54) is 18.2 Å². The number of thioether (sulfide) groups is 1. The summed E-state index contributed by atoms with van der Waals surface area (Å²) < 4.78 is 23.6.